The molecule has 0 radical (unpaired) electrons. The topological polar surface area (TPSA) is 78.5 Å². The highest BCUT2D eigenvalue weighted by Gasteiger charge is 2.31. The number of rotatable bonds is 7. The molecule has 1 aliphatic heterocycles. The third-order valence-corrected chi connectivity index (χ3v) is 6.10. The standard InChI is InChI=1S/C13H20ClN3O3S2/c1-9(2)17-7-10(8-17)16-22(19,20)6-5-15-13(18)11-3-4-12(14)21-11/h3-4,9-10,16H,5-8H2,1-2H3,(H,15,18). The second-order valence-corrected chi connectivity index (χ2v) is 9.13. The van der Waals surface area contributed by atoms with Crippen LogP contribution in [0.3, 0.4) is 0 Å². The van der Waals surface area contributed by atoms with Gasteiger partial charge in [-0.25, -0.2) is 13.1 Å². The van der Waals surface area contributed by atoms with Crippen molar-refractivity contribution in [2.75, 3.05) is 25.4 Å². The van der Waals surface area contributed by atoms with E-state index < -0.39 is 10.0 Å². The van der Waals surface area contributed by atoms with Gasteiger partial charge in [-0.1, -0.05) is 11.6 Å². The third kappa shape index (κ3) is 4.92. The molecule has 1 aromatic heterocycles. The molecule has 0 bridgehead atoms. The van der Waals surface area contributed by atoms with Crippen LogP contribution in [0.2, 0.25) is 4.34 Å². The molecule has 22 heavy (non-hydrogen) atoms. The molecule has 0 aromatic carbocycles. The van der Waals surface area contributed by atoms with E-state index >= 15 is 0 Å². The molecule has 1 aromatic rings. The van der Waals surface area contributed by atoms with Gasteiger partial charge in [0.15, 0.2) is 0 Å². The molecule has 1 saturated heterocycles. The SMILES string of the molecule is CC(C)N1CC(NS(=O)(=O)CCNC(=O)c2ccc(Cl)s2)C1. The molecule has 0 unspecified atom stereocenters. The van der Waals surface area contributed by atoms with Crippen molar-refractivity contribution in [2.24, 2.45) is 0 Å². The Kier molecular flexibility index (Phi) is 5.84. The van der Waals surface area contributed by atoms with Gasteiger partial charge in [0.25, 0.3) is 5.91 Å². The zero-order valence-electron chi connectivity index (χ0n) is 12.5. The number of carbonyl (C=O) groups excluding carboxylic acids is 1. The maximum atomic E-state index is 11.9. The molecule has 0 atom stereocenters. The lowest BCUT2D eigenvalue weighted by atomic mass is 10.1. The summed E-state index contributed by atoms with van der Waals surface area (Å²) in [6.45, 7) is 5.70. The zero-order valence-corrected chi connectivity index (χ0v) is 14.9. The van der Waals surface area contributed by atoms with E-state index in [1.54, 1.807) is 12.1 Å². The number of sulfonamides is 1. The van der Waals surface area contributed by atoms with Crippen LogP contribution >= 0.6 is 22.9 Å². The van der Waals surface area contributed by atoms with Crippen molar-refractivity contribution >= 4 is 38.9 Å². The lowest BCUT2D eigenvalue weighted by molar-refractivity contribution is 0.0960. The van der Waals surface area contributed by atoms with Gasteiger partial charge in [-0.3, -0.25) is 9.69 Å². The number of halogens is 1. The Morgan fingerprint density at radius 3 is 2.68 bits per heavy atom. The number of carbonyl (C=O) groups is 1. The molecule has 124 valence electrons. The van der Waals surface area contributed by atoms with Crippen LogP contribution in [0.4, 0.5) is 0 Å². The Morgan fingerprint density at radius 2 is 2.14 bits per heavy atom. The van der Waals surface area contributed by atoms with Crippen molar-refractivity contribution < 1.29 is 13.2 Å². The van der Waals surface area contributed by atoms with Gasteiger partial charge >= 0.3 is 0 Å². The molecule has 0 aliphatic carbocycles. The second kappa shape index (κ2) is 7.27. The Morgan fingerprint density at radius 1 is 1.45 bits per heavy atom. The number of nitrogens with zero attached hydrogens (tertiary/aromatic N) is 1. The summed E-state index contributed by atoms with van der Waals surface area (Å²) in [4.78, 5) is 14.4. The molecule has 0 spiro atoms. The number of amides is 1. The first-order valence-corrected chi connectivity index (χ1v) is 9.89. The first-order valence-electron chi connectivity index (χ1n) is 7.04. The quantitative estimate of drug-likeness (QED) is 0.759. The smallest absolute Gasteiger partial charge is 0.261 e. The Labute approximate surface area is 139 Å². The Bertz CT molecular complexity index is 624. The zero-order chi connectivity index (χ0) is 16.3. The monoisotopic (exact) mass is 365 g/mol. The predicted molar refractivity (Wildman–Crippen MR) is 89.1 cm³/mol. The van der Waals surface area contributed by atoms with E-state index in [0.29, 0.717) is 15.3 Å². The normalized spacial score (nSPS) is 16.7. The van der Waals surface area contributed by atoms with Crippen molar-refractivity contribution in [3.63, 3.8) is 0 Å². The molecular formula is C13H20ClN3O3S2. The van der Waals surface area contributed by atoms with Crippen LogP contribution in [0.5, 0.6) is 0 Å². The summed E-state index contributed by atoms with van der Waals surface area (Å²) in [5.74, 6) is -0.433. The van der Waals surface area contributed by atoms with Gasteiger partial charge in [0.2, 0.25) is 10.0 Å². The van der Waals surface area contributed by atoms with Crippen LogP contribution in [-0.2, 0) is 10.0 Å². The molecule has 9 heteroatoms. The van der Waals surface area contributed by atoms with Gasteiger partial charge < -0.3 is 5.32 Å². The van der Waals surface area contributed by atoms with E-state index in [9.17, 15) is 13.2 Å². The van der Waals surface area contributed by atoms with E-state index in [0.717, 1.165) is 24.4 Å². The summed E-state index contributed by atoms with van der Waals surface area (Å²) < 4.78 is 27.0. The molecular weight excluding hydrogens is 346 g/mol. The first-order chi connectivity index (χ1) is 10.3. The predicted octanol–water partition coefficient (Wildman–Crippen LogP) is 1.14. The van der Waals surface area contributed by atoms with Gasteiger partial charge in [0.05, 0.1) is 15.0 Å². The average molecular weight is 366 g/mol. The van der Waals surface area contributed by atoms with Crippen molar-refractivity contribution in [3.8, 4) is 0 Å². The number of thiophene rings is 1. The number of hydrogen-bond donors (Lipinski definition) is 2. The summed E-state index contributed by atoms with van der Waals surface area (Å²) in [6.07, 6.45) is 0. The number of nitrogens with one attached hydrogen (secondary N) is 2. The van der Waals surface area contributed by atoms with E-state index in [-0.39, 0.29) is 24.2 Å². The highest BCUT2D eigenvalue weighted by molar-refractivity contribution is 7.89. The maximum Gasteiger partial charge on any atom is 0.261 e. The number of hydrogen-bond acceptors (Lipinski definition) is 5. The third-order valence-electron chi connectivity index (χ3n) is 3.44. The van der Waals surface area contributed by atoms with Crippen LogP contribution in [0.1, 0.15) is 23.5 Å². The summed E-state index contributed by atoms with van der Waals surface area (Å²) in [5, 5.41) is 2.59. The van der Waals surface area contributed by atoms with E-state index in [1.807, 2.05) is 0 Å². The lowest BCUT2D eigenvalue weighted by Gasteiger charge is -2.42. The molecule has 1 amide bonds. The van der Waals surface area contributed by atoms with E-state index in [1.165, 1.54) is 0 Å². The van der Waals surface area contributed by atoms with Crippen molar-refractivity contribution in [2.45, 2.75) is 25.9 Å². The maximum absolute atomic E-state index is 11.9. The van der Waals surface area contributed by atoms with Crippen LogP contribution in [0, 0.1) is 0 Å². The average Bonchev–Trinajstić information content (AvgIpc) is 2.79. The van der Waals surface area contributed by atoms with Crippen LogP contribution in [0.15, 0.2) is 12.1 Å². The van der Waals surface area contributed by atoms with Gasteiger partial charge in [-0.05, 0) is 26.0 Å². The largest absolute Gasteiger partial charge is 0.350 e. The van der Waals surface area contributed by atoms with Crippen LogP contribution in [-0.4, -0.2) is 56.7 Å². The van der Waals surface area contributed by atoms with Crippen molar-refractivity contribution in [3.05, 3.63) is 21.3 Å². The summed E-state index contributed by atoms with van der Waals surface area (Å²) in [5.41, 5.74) is 0. The summed E-state index contributed by atoms with van der Waals surface area (Å²) in [6, 6.07) is 3.65. The highest BCUT2D eigenvalue weighted by atomic mass is 35.5. The fourth-order valence-corrected chi connectivity index (χ4v) is 4.25. The first kappa shape index (κ1) is 17.7. The highest BCUT2D eigenvalue weighted by Crippen LogP contribution is 2.21. The van der Waals surface area contributed by atoms with E-state index in [4.69, 9.17) is 11.6 Å². The van der Waals surface area contributed by atoms with Crippen LogP contribution < -0.4 is 10.0 Å². The molecule has 2 N–H and O–H groups in total. The second-order valence-electron chi connectivity index (χ2n) is 5.54. The Balaban J connectivity index is 1.71. The molecule has 6 nitrogen and oxygen atoms in total. The van der Waals surface area contributed by atoms with Gasteiger partial charge in [-0.2, -0.15) is 0 Å². The molecule has 2 rings (SSSR count). The fourth-order valence-electron chi connectivity index (χ4n) is 2.14. The minimum atomic E-state index is -3.38. The Hall–Kier alpha value is -0.670. The fraction of sp³-hybridized carbons (Fsp3) is 0.615. The molecule has 1 fully saturated rings. The summed E-state index contributed by atoms with van der Waals surface area (Å²) >= 11 is 6.92. The van der Waals surface area contributed by atoms with Gasteiger partial charge in [-0.15, -0.1) is 11.3 Å². The minimum absolute atomic E-state index is 0.0285. The van der Waals surface area contributed by atoms with Crippen LogP contribution in [0.25, 0.3) is 0 Å². The summed E-state index contributed by atoms with van der Waals surface area (Å²) in [7, 11) is -3.38. The van der Waals surface area contributed by atoms with Gasteiger partial charge in [0.1, 0.15) is 0 Å². The molecule has 2 heterocycles. The van der Waals surface area contributed by atoms with E-state index in [2.05, 4.69) is 28.8 Å². The molecule has 0 saturated carbocycles. The minimum Gasteiger partial charge on any atom is -0.350 e. The van der Waals surface area contributed by atoms with Gasteiger partial charge in [0, 0.05) is 31.7 Å². The molecule has 1 aliphatic rings. The number of likely N-dealkylation sites (tertiary alicyclic amines) is 1. The van der Waals surface area contributed by atoms with Crippen molar-refractivity contribution in [1.82, 2.24) is 14.9 Å². The lowest BCUT2D eigenvalue weighted by Crippen LogP contribution is -2.61. The van der Waals surface area contributed by atoms with Crippen molar-refractivity contribution in [1.29, 1.82) is 0 Å².